The van der Waals surface area contributed by atoms with Crippen molar-refractivity contribution in [3.63, 3.8) is 0 Å². The number of hydrogen-bond acceptors (Lipinski definition) is 3. The van der Waals surface area contributed by atoms with E-state index in [9.17, 15) is 9.90 Å². The van der Waals surface area contributed by atoms with Crippen LogP contribution in [0.4, 0.5) is 4.39 Å². The Balaban J connectivity index is 0.00000380. The minimum absolute atomic E-state index is 0. The Morgan fingerprint density at radius 2 is 1.76 bits per heavy atom. The van der Waals surface area contributed by atoms with Crippen LogP contribution < -0.4 is 34.7 Å². The number of carboxylic acids is 1. The van der Waals surface area contributed by atoms with E-state index >= 15 is 4.39 Å². The molecule has 3 aromatic carbocycles. The summed E-state index contributed by atoms with van der Waals surface area (Å²) in [5, 5.41) is 17.5. The van der Waals surface area contributed by atoms with Crippen LogP contribution in [0.15, 0.2) is 66.7 Å². The second-order valence-corrected chi connectivity index (χ2v) is 10.0. The molecule has 0 fully saturated rings. The van der Waals surface area contributed by atoms with Crippen LogP contribution in [0, 0.1) is 12.7 Å². The van der Waals surface area contributed by atoms with Crippen LogP contribution in [0.2, 0.25) is 10.0 Å². The molecule has 8 heteroatoms. The number of nitrogens with zero attached hydrogens (tertiary/aromatic N) is 2. The summed E-state index contributed by atoms with van der Waals surface area (Å²) in [6, 6.07) is 20.0. The summed E-state index contributed by atoms with van der Waals surface area (Å²) < 4.78 is 16.8. The molecule has 0 spiro atoms. The number of aromatic carboxylic acids is 1. The maximum atomic E-state index is 15.1. The van der Waals surface area contributed by atoms with Gasteiger partial charge in [0.15, 0.2) is 0 Å². The standard InChI is InChI=1S/C29H27Cl2FN2O2.Na/c1-17(2)28-25(27(29(35)36)33-34(28)16-19-8-5-4-6-9-19)23(22-13-12-21(30)14-18(22)3)15-20-10-7-11-24(31)26(20)32;/h4-14,17,23H,15-16H2,1-3H3,(H,35,36);/q;+1/p-1. The van der Waals surface area contributed by atoms with Gasteiger partial charge in [0, 0.05) is 22.2 Å². The zero-order valence-corrected chi connectivity index (χ0v) is 24.8. The Hall–Kier alpha value is -2.15. The van der Waals surface area contributed by atoms with E-state index in [2.05, 4.69) is 5.10 Å². The van der Waals surface area contributed by atoms with Crippen molar-refractivity contribution in [3.05, 3.63) is 122 Å². The van der Waals surface area contributed by atoms with Crippen molar-refractivity contribution in [3.8, 4) is 0 Å². The quantitative estimate of drug-likeness (QED) is 0.317. The molecule has 0 saturated heterocycles. The third-order valence-corrected chi connectivity index (χ3v) is 6.88. The van der Waals surface area contributed by atoms with Gasteiger partial charge in [0.2, 0.25) is 0 Å². The van der Waals surface area contributed by atoms with Gasteiger partial charge in [-0.05, 0) is 59.7 Å². The first-order valence-corrected chi connectivity index (χ1v) is 12.5. The van der Waals surface area contributed by atoms with Gasteiger partial charge in [-0.25, -0.2) is 4.39 Å². The van der Waals surface area contributed by atoms with Gasteiger partial charge in [0.25, 0.3) is 0 Å². The SMILES string of the molecule is Cc1cc(Cl)ccc1C(Cc1cccc(Cl)c1F)c1c(C(=O)[O-])nn(Cc2ccccc2)c1C(C)C.[Na+]. The van der Waals surface area contributed by atoms with E-state index in [0.29, 0.717) is 22.7 Å². The molecule has 0 N–H and O–H groups in total. The molecule has 0 amide bonds. The molecule has 4 aromatic rings. The van der Waals surface area contributed by atoms with Crippen molar-refractivity contribution in [2.24, 2.45) is 0 Å². The fourth-order valence-corrected chi connectivity index (χ4v) is 5.21. The maximum Gasteiger partial charge on any atom is 1.00 e. The molecule has 186 valence electrons. The average molecular weight is 547 g/mol. The average Bonchev–Trinajstić information content (AvgIpc) is 3.20. The molecule has 0 aliphatic heterocycles. The van der Waals surface area contributed by atoms with Gasteiger partial charge in [-0.1, -0.05) is 85.6 Å². The Morgan fingerprint density at radius 1 is 1.05 bits per heavy atom. The fraction of sp³-hybridized carbons (Fsp3) is 0.241. The molecule has 0 bridgehead atoms. The molecule has 4 nitrogen and oxygen atoms in total. The number of benzene rings is 3. The first kappa shape index (κ1) is 29.4. The molecule has 1 heterocycles. The van der Waals surface area contributed by atoms with E-state index in [4.69, 9.17) is 23.2 Å². The Kier molecular flexibility index (Phi) is 10.0. The smallest absolute Gasteiger partial charge is 0.543 e. The fourth-order valence-electron chi connectivity index (χ4n) is 4.79. The van der Waals surface area contributed by atoms with Gasteiger partial charge in [-0.2, -0.15) is 5.10 Å². The molecule has 0 aliphatic rings. The van der Waals surface area contributed by atoms with Crippen LogP contribution >= 0.6 is 23.2 Å². The van der Waals surface area contributed by atoms with Crippen LogP contribution in [-0.4, -0.2) is 15.7 Å². The van der Waals surface area contributed by atoms with Crippen molar-refractivity contribution in [1.29, 1.82) is 0 Å². The number of carbonyl (C=O) groups is 1. The Morgan fingerprint density at radius 3 is 2.38 bits per heavy atom. The van der Waals surface area contributed by atoms with Crippen LogP contribution in [0.3, 0.4) is 0 Å². The number of aromatic nitrogens is 2. The first-order valence-electron chi connectivity index (χ1n) is 11.7. The van der Waals surface area contributed by atoms with Gasteiger partial charge >= 0.3 is 29.6 Å². The van der Waals surface area contributed by atoms with Gasteiger partial charge in [0.05, 0.1) is 17.5 Å². The Labute approximate surface area is 248 Å². The van der Waals surface area contributed by atoms with E-state index in [-0.39, 0.29) is 52.6 Å². The number of hydrogen-bond donors (Lipinski definition) is 0. The molecular formula is C29H26Cl2FN2NaO2. The molecule has 1 unspecified atom stereocenters. The van der Waals surface area contributed by atoms with E-state index in [1.165, 1.54) is 6.07 Å². The van der Waals surface area contributed by atoms with Crippen molar-refractivity contribution in [1.82, 2.24) is 9.78 Å². The minimum atomic E-state index is -1.37. The minimum Gasteiger partial charge on any atom is -0.543 e. The summed E-state index contributed by atoms with van der Waals surface area (Å²) in [7, 11) is 0. The molecular weight excluding hydrogens is 521 g/mol. The van der Waals surface area contributed by atoms with Crippen molar-refractivity contribution in [2.75, 3.05) is 0 Å². The number of carboxylic acid groups (broad SMARTS) is 1. The zero-order valence-electron chi connectivity index (χ0n) is 21.3. The van der Waals surface area contributed by atoms with E-state index in [0.717, 1.165) is 22.4 Å². The predicted molar refractivity (Wildman–Crippen MR) is 139 cm³/mol. The molecule has 4 rings (SSSR count). The summed E-state index contributed by atoms with van der Waals surface area (Å²) in [5.41, 5.74) is 4.21. The summed E-state index contributed by atoms with van der Waals surface area (Å²) in [6.07, 6.45) is 0.186. The van der Waals surface area contributed by atoms with Gasteiger partial charge in [0.1, 0.15) is 11.5 Å². The molecule has 0 saturated carbocycles. The largest absolute Gasteiger partial charge is 1.00 e. The van der Waals surface area contributed by atoms with Crippen molar-refractivity contribution >= 4 is 29.2 Å². The van der Waals surface area contributed by atoms with Crippen LogP contribution in [-0.2, 0) is 13.0 Å². The second kappa shape index (κ2) is 12.6. The van der Waals surface area contributed by atoms with Gasteiger partial charge < -0.3 is 9.90 Å². The van der Waals surface area contributed by atoms with Crippen LogP contribution in [0.1, 0.15) is 69.7 Å². The molecule has 0 radical (unpaired) electrons. The normalized spacial score (nSPS) is 11.9. The van der Waals surface area contributed by atoms with Crippen LogP contribution in [0.25, 0.3) is 0 Å². The second-order valence-electron chi connectivity index (χ2n) is 9.20. The number of aryl methyl sites for hydroxylation is 1. The van der Waals surface area contributed by atoms with E-state index in [1.807, 2.05) is 63.2 Å². The zero-order chi connectivity index (χ0) is 26.0. The number of halogens is 3. The summed E-state index contributed by atoms with van der Waals surface area (Å²) in [4.78, 5) is 12.4. The predicted octanol–water partition coefficient (Wildman–Crippen LogP) is 3.55. The van der Waals surface area contributed by atoms with Gasteiger partial charge in [-0.15, -0.1) is 0 Å². The number of carbonyl (C=O) groups excluding carboxylic acids is 1. The summed E-state index contributed by atoms with van der Waals surface area (Å²) in [5.74, 6) is -2.48. The molecule has 37 heavy (non-hydrogen) atoms. The Bertz CT molecular complexity index is 1410. The first-order chi connectivity index (χ1) is 17.2. The maximum absolute atomic E-state index is 15.1. The van der Waals surface area contributed by atoms with E-state index in [1.54, 1.807) is 22.9 Å². The van der Waals surface area contributed by atoms with E-state index < -0.39 is 17.7 Å². The third-order valence-electron chi connectivity index (χ3n) is 6.36. The summed E-state index contributed by atoms with van der Waals surface area (Å²) in [6.45, 7) is 6.29. The number of rotatable bonds is 8. The molecule has 0 aliphatic carbocycles. The topological polar surface area (TPSA) is 57.9 Å². The van der Waals surface area contributed by atoms with Crippen LogP contribution in [0.5, 0.6) is 0 Å². The van der Waals surface area contributed by atoms with Gasteiger partial charge in [-0.3, -0.25) is 4.68 Å². The molecule has 1 aromatic heterocycles. The third kappa shape index (κ3) is 6.47. The summed E-state index contributed by atoms with van der Waals surface area (Å²) >= 11 is 12.3. The molecule has 1 atom stereocenters. The van der Waals surface area contributed by atoms with Crippen molar-refractivity contribution in [2.45, 2.75) is 45.6 Å². The monoisotopic (exact) mass is 546 g/mol. The van der Waals surface area contributed by atoms with Crippen molar-refractivity contribution < 1.29 is 43.8 Å².